The van der Waals surface area contributed by atoms with Crippen molar-refractivity contribution in [1.82, 2.24) is 5.32 Å². The largest absolute Gasteiger partial charge is 0.349 e. The highest BCUT2D eigenvalue weighted by Gasteiger charge is 2.17. The van der Waals surface area contributed by atoms with Gasteiger partial charge in [0, 0.05) is 17.3 Å². The molecule has 1 rings (SSSR count). The molecule has 0 fully saturated rings. The first kappa shape index (κ1) is 14.0. The maximum absolute atomic E-state index is 11.9. The molecule has 0 radical (unpaired) electrons. The fraction of sp³-hybridized carbons (Fsp3) is 0.545. The van der Waals surface area contributed by atoms with E-state index in [0.29, 0.717) is 17.4 Å². The van der Waals surface area contributed by atoms with E-state index in [2.05, 4.69) is 35.1 Å². The lowest BCUT2D eigenvalue weighted by Gasteiger charge is -2.21. The van der Waals surface area contributed by atoms with Crippen LogP contribution in [-0.4, -0.2) is 17.8 Å². The summed E-state index contributed by atoms with van der Waals surface area (Å²) in [6, 6.07) is 1.97. The van der Waals surface area contributed by atoms with Crippen LogP contribution in [0.4, 0.5) is 0 Å². The summed E-state index contributed by atoms with van der Waals surface area (Å²) in [5.41, 5.74) is 0.706. The van der Waals surface area contributed by atoms with Crippen molar-refractivity contribution in [3.8, 4) is 0 Å². The molecular weight excluding hydrogens is 310 g/mol. The highest BCUT2D eigenvalue weighted by atomic mass is 79.9. The molecule has 0 saturated carbocycles. The SMILES string of the molecule is CC(C)C(CCCl)NC(=O)c1csc(Br)c1. The van der Waals surface area contributed by atoms with Crippen LogP contribution in [0.5, 0.6) is 0 Å². The van der Waals surface area contributed by atoms with E-state index in [1.54, 1.807) is 0 Å². The topological polar surface area (TPSA) is 29.1 Å². The maximum atomic E-state index is 11.9. The van der Waals surface area contributed by atoms with Crippen molar-refractivity contribution in [3.05, 3.63) is 20.8 Å². The molecule has 0 saturated heterocycles. The van der Waals surface area contributed by atoms with Crippen molar-refractivity contribution in [3.63, 3.8) is 0 Å². The number of amides is 1. The Kier molecular flexibility index (Phi) is 5.79. The van der Waals surface area contributed by atoms with Gasteiger partial charge in [-0.05, 0) is 34.3 Å². The molecule has 0 aromatic carbocycles. The van der Waals surface area contributed by atoms with Crippen LogP contribution < -0.4 is 5.32 Å². The van der Waals surface area contributed by atoms with Gasteiger partial charge in [-0.3, -0.25) is 4.79 Å². The summed E-state index contributed by atoms with van der Waals surface area (Å²) in [7, 11) is 0. The molecule has 0 aliphatic heterocycles. The highest BCUT2D eigenvalue weighted by molar-refractivity contribution is 9.11. The van der Waals surface area contributed by atoms with Crippen molar-refractivity contribution in [1.29, 1.82) is 0 Å². The molecule has 1 N–H and O–H groups in total. The van der Waals surface area contributed by atoms with Crippen LogP contribution in [0, 0.1) is 5.92 Å². The molecule has 1 heterocycles. The summed E-state index contributed by atoms with van der Waals surface area (Å²) < 4.78 is 0.969. The molecule has 0 bridgehead atoms. The van der Waals surface area contributed by atoms with Gasteiger partial charge in [0.15, 0.2) is 0 Å². The third-order valence-corrected chi connectivity index (χ3v) is 4.09. The predicted molar refractivity (Wildman–Crippen MR) is 73.4 cm³/mol. The zero-order chi connectivity index (χ0) is 12.1. The van der Waals surface area contributed by atoms with Crippen LogP contribution in [0.3, 0.4) is 0 Å². The summed E-state index contributed by atoms with van der Waals surface area (Å²) in [4.78, 5) is 11.9. The summed E-state index contributed by atoms with van der Waals surface area (Å²) in [6.45, 7) is 4.17. The van der Waals surface area contributed by atoms with E-state index < -0.39 is 0 Å². The van der Waals surface area contributed by atoms with Crippen LogP contribution in [0.1, 0.15) is 30.6 Å². The second-order valence-corrected chi connectivity index (χ2v) is 6.61. The Morgan fingerprint density at radius 3 is 2.75 bits per heavy atom. The number of alkyl halides is 1. The van der Waals surface area contributed by atoms with Gasteiger partial charge < -0.3 is 5.32 Å². The van der Waals surface area contributed by atoms with Crippen molar-refractivity contribution < 1.29 is 4.79 Å². The zero-order valence-electron chi connectivity index (χ0n) is 9.30. The van der Waals surface area contributed by atoms with Gasteiger partial charge in [0.2, 0.25) is 0 Å². The van der Waals surface area contributed by atoms with Gasteiger partial charge in [0.25, 0.3) is 5.91 Å². The van der Waals surface area contributed by atoms with Crippen molar-refractivity contribution in [2.24, 2.45) is 5.92 Å². The first-order valence-electron chi connectivity index (χ1n) is 5.15. The molecule has 16 heavy (non-hydrogen) atoms. The Hall–Kier alpha value is -0.0600. The summed E-state index contributed by atoms with van der Waals surface area (Å²) in [6.07, 6.45) is 0.802. The fourth-order valence-corrected chi connectivity index (χ4v) is 2.74. The average Bonchev–Trinajstić information content (AvgIpc) is 2.64. The normalized spacial score (nSPS) is 12.8. The standard InChI is InChI=1S/C11H15BrClNOS/c1-7(2)9(3-4-13)14-11(15)8-5-10(12)16-6-8/h5-7,9H,3-4H2,1-2H3,(H,14,15). The molecule has 1 amide bonds. The molecule has 90 valence electrons. The van der Waals surface area contributed by atoms with Gasteiger partial charge in [-0.25, -0.2) is 0 Å². The van der Waals surface area contributed by atoms with Crippen LogP contribution in [-0.2, 0) is 0 Å². The number of carbonyl (C=O) groups is 1. The van der Waals surface area contributed by atoms with Crippen LogP contribution >= 0.6 is 38.9 Å². The van der Waals surface area contributed by atoms with Crippen LogP contribution in [0.2, 0.25) is 0 Å². The van der Waals surface area contributed by atoms with E-state index in [0.717, 1.165) is 10.2 Å². The fourth-order valence-electron chi connectivity index (χ4n) is 1.37. The van der Waals surface area contributed by atoms with Crippen LogP contribution in [0.25, 0.3) is 0 Å². The Morgan fingerprint density at radius 1 is 1.62 bits per heavy atom. The minimum absolute atomic E-state index is 0.0224. The molecule has 2 nitrogen and oxygen atoms in total. The van der Waals surface area contributed by atoms with Crippen molar-refractivity contribution in [2.45, 2.75) is 26.3 Å². The van der Waals surface area contributed by atoms with E-state index in [1.807, 2.05) is 11.4 Å². The number of hydrogen-bond donors (Lipinski definition) is 1. The number of thiophene rings is 1. The number of rotatable bonds is 5. The van der Waals surface area contributed by atoms with E-state index in [1.165, 1.54) is 11.3 Å². The Balaban J connectivity index is 2.61. The van der Waals surface area contributed by atoms with E-state index in [4.69, 9.17) is 11.6 Å². The Labute approximate surface area is 114 Å². The lowest BCUT2D eigenvalue weighted by molar-refractivity contribution is 0.0925. The van der Waals surface area contributed by atoms with Gasteiger partial charge in [-0.1, -0.05) is 13.8 Å². The molecule has 1 aromatic rings. The maximum Gasteiger partial charge on any atom is 0.252 e. The van der Waals surface area contributed by atoms with Gasteiger partial charge in [0.1, 0.15) is 0 Å². The Morgan fingerprint density at radius 2 is 2.31 bits per heavy atom. The summed E-state index contributed by atoms with van der Waals surface area (Å²) >= 11 is 10.6. The quantitative estimate of drug-likeness (QED) is 0.818. The van der Waals surface area contributed by atoms with E-state index >= 15 is 0 Å². The van der Waals surface area contributed by atoms with Gasteiger partial charge in [0.05, 0.1) is 9.35 Å². The number of carbonyl (C=O) groups excluding carboxylic acids is 1. The minimum Gasteiger partial charge on any atom is -0.349 e. The van der Waals surface area contributed by atoms with Gasteiger partial charge in [-0.15, -0.1) is 22.9 Å². The van der Waals surface area contributed by atoms with E-state index in [9.17, 15) is 4.79 Å². The zero-order valence-corrected chi connectivity index (χ0v) is 12.5. The lowest BCUT2D eigenvalue weighted by atomic mass is 10.0. The molecule has 5 heteroatoms. The first-order valence-corrected chi connectivity index (χ1v) is 7.36. The number of nitrogens with one attached hydrogen (secondary N) is 1. The third-order valence-electron chi connectivity index (χ3n) is 2.37. The smallest absolute Gasteiger partial charge is 0.252 e. The third kappa shape index (κ3) is 4.07. The molecule has 0 aliphatic carbocycles. The molecule has 1 atom stereocenters. The second-order valence-electron chi connectivity index (χ2n) is 3.94. The van der Waals surface area contributed by atoms with Gasteiger partial charge in [-0.2, -0.15) is 0 Å². The van der Waals surface area contributed by atoms with Crippen LogP contribution in [0.15, 0.2) is 15.2 Å². The molecule has 1 aromatic heterocycles. The van der Waals surface area contributed by atoms with Crippen molar-refractivity contribution >= 4 is 44.8 Å². The average molecular weight is 325 g/mol. The predicted octanol–water partition coefficient (Wildman–Crippen LogP) is 3.89. The molecule has 0 aliphatic rings. The number of halogens is 2. The van der Waals surface area contributed by atoms with Gasteiger partial charge >= 0.3 is 0 Å². The molecular formula is C11H15BrClNOS. The lowest BCUT2D eigenvalue weighted by Crippen LogP contribution is -2.38. The van der Waals surface area contributed by atoms with Crippen molar-refractivity contribution in [2.75, 3.05) is 5.88 Å². The second kappa shape index (κ2) is 6.62. The summed E-state index contributed by atoms with van der Waals surface area (Å²) in [5.74, 6) is 0.937. The monoisotopic (exact) mass is 323 g/mol. The van der Waals surface area contributed by atoms with E-state index in [-0.39, 0.29) is 11.9 Å². The molecule has 0 spiro atoms. The summed E-state index contributed by atoms with van der Waals surface area (Å²) in [5, 5.41) is 4.85. The first-order chi connectivity index (χ1) is 7.54. The molecule has 1 unspecified atom stereocenters. The minimum atomic E-state index is -0.0224. The Bertz CT molecular complexity index is 354. The highest BCUT2D eigenvalue weighted by Crippen LogP contribution is 2.21. The number of hydrogen-bond acceptors (Lipinski definition) is 2.